The molecule has 0 fully saturated rings. The molecule has 0 amide bonds. The van der Waals surface area contributed by atoms with Crippen LogP contribution in [-0.4, -0.2) is 41.4 Å². The standard InChI is InChI=1S/C21H25BrN2O2.ClH/c1-3-21(10-7-18(25)26-2)9-4-11-24-12-8-15-16-13-14(22)5-6-17(16)23-19(15)20(21)24;/h5-6,13H,3-4,7-12H2,1-2H3;1H. The molecule has 2 aliphatic rings. The molecule has 1 unspecified atom stereocenters. The average Bonchev–Trinajstić information content (AvgIpc) is 3.03. The topological polar surface area (TPSA) is 45.1 Å². The highest BCUT2D eigenvalue weighted by atomic mass is 79.9. The van der Waals surface area contributed by atoms with Crippen molar-refractivity contribution in [2.45, 2.75) is 45.4 Å². The summed E-state index contributed by atoms with van der Waals surface area (Å²) in [7, 11) is 1.48. The number of fused-ring (bicyclic) bond motifs is 4. The van der Waals surface area contributed by atoms with Gasteiger partial charge < -0.3 is 22.1 Å². The minimum absolute atomic E-state index is 0. The van der Waals surface area contributed by atoms with Gasteiger partial charge in [-0.15, -0.1) is 0 Å². The summed E-state index contributed by atoms with van der Waals surface area (Å²) < 4.78 is 8.61. The first-order valence-corrected chi connectivity index (χ1v) is 10.4. The van der Waals surface area contributed by atoms with Gasteiger partial charge in [0.05, 0.1) is 12.5 Å². The van der Waals surface area contributed by atoms with Crippen LogP contribution in [0.2, 0.25) is 0 Å². The molecule has 2 aromatic rings. The maximum atomic E-state index is 11.8. The lowest BCUT2D eigenvalue weighted by atomic mass is 9.68. The zero-order valence-corrected chi connectivity index (χ0v) is 18.3. The highest BCUT2D eigenvalue weighted by molar-refractivity contribution is 9.10. The lowest BCUT2D eigenvalue weighted by molar-refractivity contribution is -0.538. The predicted molar refractivity (Wildman–Crippen MR) is 107 cm³/mol. The number of H-pyrrole nitrogens is 1. The second-order valence-corrected chi connectivity index (χ2v) is 8.48. The molecule has 6 heteroatoms. The fourth-order valence-corrected chi connectivity index (χ4v) is 5.32. The van der Waals surface area contributed by atoms with E-state index >= 15 is 0 Å². The molecule has 0 saturated heterocycles. The molecule has 0 radical (unpaired) electrons. The Morgan fingerprint density at radius 3 is 2.93 bits per heavy atom. The van der Waals surface area contributed by atoms with E-state index in [1.807, 2.05) is 0 Å². The van der Waals surface area contributed by atoms with Crippen LogP contribution in [-0.2, 0) is 16.0 Å². The largest absolute Gasteiger partial charge is 1.00 e. The number of hydrogen-bond donors (Lipinski definition) is 1. The van der Waals surface area contributed by atoms with E-state index < -0.39 is 0 Å². The Bertz CT molecular complexity index is 905. The van der Waals surface area contributed by atoms with Crippen molar-refractivity contribution in [3.63, 3.8) is 0 Å². The third-order valence-electron chi connectivity index (χ3n) is 6.35. The van der Waals surface area contributed by atoms with Crippen molar-refractivity contribution in [3.05, 3.63) is 33.9 Å². The number of nitrogens with zero attached hydrogens (tertiary/aromatic N) is 1. The maximum Gasteiger partial charge on any atom is 0.305 e. The Balaban J connectivity index is 0.00000210. The van der Waals surface area contributed by atoms with E-state index in [0.717, 1.165) is 43.2 Å². The van der Waals surface area contributed by atoms with E-state index in [9.17, 15) is 4.79 Å². The molecule has 2 aliphatic heterocycles. The van der Waals surface area contributed by atoms with Crippen LogP contribution in [0.5, 0.6) is 0 Å². The highest BCUT2D eigenvalue weighted by Gasteiger charge is 2.47. The number of ether oxygens (including phenoxy) is 1. The predicted octanol–water partition coefficient (Wildman–Crippen LogP) is 1.44. The lowest BCUT2D eigenvalue weighted by Gasteiger charge is -2.37. The summed E-state index contributed by atoms with van der Waals surface area (Å²) in [5.41, 5.74) is 5.43. The van der Waals surface area contributed by atoms with Crippen LogP contribution < -0.4 is 12.4 Å². The summed E-state index contributed by atoms with van der Waals surface area (Å²) in [5, 5.41) is 1.32. The third-order valence-corrected chi connectivity index (χ3v) is 6.84. The Morgan fingerprint density at radius 1 is 1.37 bits per heavy atom. The summed E-state index contributed by atoms with van der Waals surface area (Å²) in [6.07, 6.45) is 5.81. The van der Waals surface area contributed by atoms with Crippen molar-refractivity contribution >= 4 is 38.5 Å². The Kier molecular flexibility index (Phi) is 6.02. The third kappa shape index (κ3) is 3.44. The molecular weight excluding hydrogens is 428 g/mol. The van der Waals surface area contributed by atoms with Crippen molar-refractivity contribution in [1.29, 1.82) is 0 Å². The van der Waals surface area contributed by atoms with Gasteiger partial charge in [-0.25, -0.2) is 4.58 Å². The first kappa shape index (κ1) is 20.4. The van der Waals surface area contributed by atoms with Gasteiger partial charge in [0.25, 0.3) is 0 Å². The number of carbonyl (C=O) groups excluding carboxylic acids is 1. The fraction of sp³-hybridized carbons (Fsp3) is 0.524. The molecular formula is C21H26BrClN2O2. The van der Waals surface area contributed by atoms with Gasteiger partial charge in [-0.1, -0.05) is 22.9 Å². The summed E-state index contributed by atoms with van der Waals surface area (Å²) in [5.74, 6) is -0.104. The number of aromatic amines is 1. The number of halogens is 2. The first-order chi connectivity index (χ1) is 12.6. The molecule has 27 heavy (non-hydrogen) atoms. The Labute approximate surface area is 174 Å². The van der Waals surface area contributed by atoms with Crippen molar-refractivity contribution in [1.82, 2.24) is 4.98 Å². The van der Waals surface area contributed by atoms with E-state index in [1.165, 1.54) is 41.4 Å². The van der Waals surface area contributed by atoms with Crippen LogP contribution in [0.4, 0.5) is 0 Å². The molecule has 0 spiro atoms. The van der Waals surface area contributed by atoms with E-state index in [0.29, 0.717) is 6.42 Å². The lowest BCUT2D eigenvalue weighted by Crippen LogP contribution is -3.00. The molecule has 4 rings (SSSR count). The Morgan fingerprint density at radius 2 is 2.19 bits per heavy atom. The van der Waals surface area contributed by atoms with Gasteiger partial charge in [0.2, 0.25) is 5.71 Å². The van der Waals surface area contributed by atoms with Crippen molar-refractivity contribution in [2.24, 2.45) is 5.41 Å². The number of hydrogen-bond acceptors (Lipinski definition) is 2. The highest BCUT2D eigenvalue weighted by Crippen LogP contribution is 2.43. The zero-order chi connectivity index (χ0) is 18.3. The van der Waals surface area contributed by atoms with Crippen LogP contribution in [0.3, 0.4) is 0 Å². The molecule has 3 heterocycles. The molecule has 146 valence electrons. The van der Waals surface area contributed by atoms with E-state index in [2.05, 4.69) is 50.6 Å². The van der Waals surface area contributed by atoms with E-state index in [1.54, 1.807) is 0 Å². The molecule has 1 atom stereocenters. The van der Waals surface area contributed by atoms with Gasteiger partial charge in [0.15, 0.2) is 0 Å². The van der Waals surface area contributed by atoms with Crippen molar-refractivity contribution in [2.75, 3.05) is 20.2 Å². The number of aromatic nitrogens is 1. The SMILES string of the molecule is CCC1(CCC(=O)OC)CCC[N+]2=C1c1[nH]c3ccc(Br)cc3c1CC2.[Cl-]. The molecule has 1 aromatic heterocycles. The maximum absolute atomic E-state index is 11.8. The summed E-state index contributed by atoms with van der Waals surface area (Å²) in [4.78, 5) is 15.6. The average molecular weight is 454 g/mol. The first-order valence-electron chi connectivity index (χ1n) is 9.57. The zero-order valence-electron chi connectivity index (χ0n) is 15.9. The number of benzene rings is 1. The van der Waals surface area contributed by atoms with Crippen LogP contribution >= 0.6 is 15.9 Å². The number of nitrogens with one attached hydrogen (secondary N) is 1. The molecule has 0 aliphatic carbocycles. The normalized spacial score (nSPS) is 21.4. The minimum atomic E-state index is -0.104. The van der Waals surface area contributed by atoms with Gasteiger partial charge >= 0.3 is 5.97 Å². The molecule has 1 aromatic carbocycles. The summed E-state index contributed by atoms with van der Waals surface area (Å²) in [6.45, 7) is 4.46. The van der Waals surface area contributed by atoms with Crippen molar-refractivity contribution < 1.29 is 26.5 Å². The summed E-state index contributed by atoms with van der Waals surface area (Å²) >= 11 is 3.62. The second kappa shape index (κ2) is 7.96. The molecule has 0 saturated carbocycles. The monoisotopic (exact) mass is 452 g/mol. The summed E-state index contributed by atoms with van der Waals surface area (Å²) in [6, 6.07) is 6.48. The number of esters is 1. The van der Waals surface area contributed by atoms with Gasteiger partial charge in [0.1, 0.15) is 18.8 Å². The number of rotatable bonds is 4. The van der Waals surface area contributed by atoms with Gasteiger partial charge in [-0.05, 0) is 43.0 Å². The van der Waals surface area contributed by atoms with Crippen LogP contribution in [0, 0.1) is 5.41 Å². The smallest absolute Gasteiger partial charge is 0.305 e. The molecule has 0 bridgehead atoms. The van der Waals surface area contributed by atoms with Gasteiger partial charge in [0, 0.05) is 34.6 Å². The second-order valence-electron chi connectivity index (χ2n) is 7.57. The number of methoxy groups -OCH3 is 1. The van der Waals surface area contributed by atoms with Gasteiger partial charge in [-0.2, -0.15) is 0 Å². The van der Waals surface area contributed by atoms with Gasteiger partial charge in [-0.3, -0.25) is 4.79 Å². The van der Waals surface area contributed by atoms with Crippen LogP contribution in [0.25, 0.3) is 10.9 Å². The van der Waals surface area contributed by atoms with E-state index in [-0.39, 0.29) is 23.8 Å². The molecule has 4 nitrogen and oxygen atoms in total. The molecule has 1 N–H and O–H groups in total. The quantitative estimate of drug-likeness (QED) is 0.562. The van der Waals surface area contributed by atoms with Crippen LogP contribution in [0.15, 0.2) is 22.7 Å². The number of carbonyl (C=O) groups is 1. The minimum Gasteiger partial charge on any atom is -1.00 e. The fourth-order valence-electron chi connectivity index (χ4n) is 4.96. The van der Waals surface area contributed by atoms with Crippen LogP contribution in [0.1, 0.15) is 50.3 Å². The Hall–Kier alpha value is -1.33. The van der Waals surface area contributed by atoms with E-state index in [4.69, 9.17) is 4.74 Å². The van der Waals surface area contributed by atoms with Crippen molar-refractivity contribution in [3.8, 4) is 0 Å².